The molecule has 1 aliphatic heterocycles. The van der Waals surface area contributed by atoms with Gasteiger partial charge in [0.25, 0.3) is 5.91 Å². The molecule has 27 heavy (non-hydrogen) atoms. The molecule has 0 bridgehead atoms. The number of anilines is 1. The maximum absolute atomic E-state index is 13.3. The lowest BCUT2D eigenvalue weighted by Gasteiger charge is -2.31. The molecule has 0 aromatic heterocycles. The van der Waals surface area contributed by atoms with Crippen LogP contribution in [0.4, 0.5) is 10.1 Å². The second kappa shape index (κ2) is 8.33. The highest BCUT2D eigenvalue weighted by Gasteiger charge is 2.28. The Morgan fingerprint density at radius 3 is 2.44 bits per heavy atom. The summed E-state index contributed by atoms with van der Waals surface area (Å²) in [7, 11) is 0. The fourth-order valence-corrected chi connectivity index (χ4v) is 3.50. The highest BCUT2D eigenvalue weighted by Crippen LogP contribution is 2.26. The molecule has 3 rings (SSSR count). The number of benzene rings is 2. The highest BCUT2D eigenvalue weighted by molar-refractivity contribution is 5.95. The van der Waals surface area contributed by atoms with Crippen LogP contribution in [0.3, 0.4) is 0 Å². The van der Waals surface area contributed by atoms with Crippen molar-refractivity contribution in [2.24, 2.45) is 5.92 Å². The van der Waals surface area contributed by atoms with Crippen LogP contribution in [0.5, 0.6) is 0 Å². The summed E-state index contributed by atoms with van der Waals surface area (Å²) >= 11 is 0. The van der Waals surface area contributed by atoms with Crippen LogP contribution < -0.4 is 5.32 Å². The molecule has 1 heterocycles. The SMILES string of the molecule is CC(C)c1ccccc1NC(=O)C1CCN(C(=O)c2cccc(F)c2)CC1. The van der Waals surface area contributed by atoms with Crippen LogP contribution in [0.25, 0.3) is 0 Å². The number of likely N-dealkylation sites (tertiary alicyclic amines) is 1. The number of hydrogen-bond acceptors (Lipinski definition) is 2. The van der Waals surface area contributed by atoms with Gasteiger partial charge in [0, 0.05) is 30.3 Å². The second-order valence-corrected chi connectivity index (χ2v) is 7.31. The normalized spacial score (nSPS) is 15.0. The number of carbonyl (C=O) groups is 2. The summed E-state index contributed by atoms with van der Waals surface area (Å²) in [5.41, 5.74) is 2.32. The first-order valence-corrected chi connectivity index (χ1v) is 9.40. The Labute approximate surface area is 159 Å². The largest absolute Gasteiger partial charge is 0.339 e. The summed E-state index contributed by atoms with van der Waals surface area (Å²) in [6.45, 7) is 5.20. The molecule has 0 aliphatic carbocycles. The molecule has 4 nitrogen and oxygen atoms in total. The van der Waals surface area contributed by atoms with E-state index in [4.69, 9.17) is 0 Å². The first-order valence-electron chi connectivity index (χ1n) is 9.40. The summed E-state index contributed by atoms with van der Waals surface area (Å²) in [4.78, 5) is 26.9. The maximum atomic E-state index is 13.3. The van der Waals surface area contributed by atoms with E-state index >= 15 is 0 Å². The number of halogens is 1. The van der Waals surface area contributed by atoms with Gasteiger partial charge in [-0.15, -0.1) is 0 Å². The quantitative estimate of drug-likeness (QED) is 0.867. The molecular formula is C22H25FN2O2. The van der Waals surface area contributed by atoms with Crippen LogP contribution in [0, 0.1) is 11.7 Å². The van der Waals surface area contributed by atoms with Crippen molar-refractivity contribution in [1.29, 1.82) is 0 Å². The lowest BCUT2D eigenvalue weighted by molar-refractivity contribution is -0.121. The predicted octanol–water partition coefficient (Wildman–Crippen LogP) is 4.44. The molecule has 0 unspecified atom stereocenters. The minimum absolute atomic E-state index is 0.000884. The number of amides is 2. The van der Waals surface area contributed by atoms with Gasteiger partial charge in [0.05, 0.1) is 0 Å². The Hall–Kier alpha value is -2.69. The van der Waals surface area contributed by atoms with Crippen molar-refractivity contribution in [1.82, 2.24) is 4.90 Å². The first kappa shape index (κ1) is 19.1. The number of para-hydroxylation sites is 1. The zero-order valence-corrected chi connectivity index (χ0v) is 15.7. The third kappa shape index (κ3) is 4.54. The number of piperidine rings is 1. The lowest BCUT2D eigenvalue weighted by atomic mass is 9.94. The number of hydrogen-bond donors (Lipinski definition) is 1. The van der Waals surface area contributed by atoms with Crippen molar-refractivity contribution < 1.29 is 14.0 Å². The van der Waals surface area contributed by atoms with E-state index in [0.717, 1.165) is 11.3 Å². The Morgan fingerprint density at radius 2 is 1.78 bits per heavy atom. The molecule has 0 saturated carbocycles. The van der Waals surface area contributed by atoms with E-state index in [1.165, 1.54) is 18.2 Å². The van der Waals surface area contributed by atoms with Crippen molar-refractivity contribution >= 4 is 17.5 Å². The Bertz CT molecular complexity index is 827. The molecule has 1 N–H and O–H groups in total. The monoisotopic (exact) mass is 368 g/mol. The Kier molecular flexibility index (Phi) is 5.89. The van der Waals surface area contributed by atoms with E-state index in [9.17, 15) is 14.0 Å². The average Bonchev–Trinajstić information content (AvgIpc) is 2.67. The molecule has 0 radical (unpaired) electrons. The molecule has 142 valence electrons. The van der Waals surface area contributed by atoms with E-state index in [1.54, 1.807) is 11.0 Å². The zero-order valence-electron chi connectivity index (χ0n) is 15.7. The summed E-state index contributed by atoms with van der Waals surface area (Å²) in [5, 5.41) is 3.05. The second-order valence-electron chi connectivity index (χ2n) is 7.31. The van der Waals surface area contributed by atoms with Crippen molar-refractivity contribution in [3.63, 3.8) is 0 Å². The molecule has 1 saturated heterocycles. The maximum Gasteiger partial charge on any atom is 0.253 e. The smallest absolute Gasteiger partial charge is 0.253 e. The molecule has 1 aliphatic rings. The van der Waals surface area contributed by atoms with Crippen molar-refractivity contribution in [3.05, 3.63) is 65.5 Å². The fraction of sp³-hybridized carbons (Fsp3) is 0.364. The van der Waals surface area contributed by atoms with Gasteiger partial charge < -0.3 is 10.2 Å². The van der Waals surface area contributed by atoms with E-state index in [2.05, 4.69) is 19.2 Å². The average molecular weight is 368 g/mol. The van der Waals surface area contributed by atoms with E-state index < -0.39 is 5.82 Å². The molecule has 2 amide bonds. The molecule has 0 spiro atoms. The van der Waals surface area contributed by atoms with Crippen LogP contribution in [-0.2, 0) is 4.79 Å². The zero-order chi connectivity index (χ0) is 19.4. The van der Waals surface area contributed by atoms with Crippen LogP contribution in [0.2, 0.25) is 0 Å². The van der Waals surface area contributed by atoms with Crippen molar-refractivity contribution in [2.75, 3.05) is 18.4 Å². The first-order chi connectivity index (χ1) is 13.0. The Morgan fingerprint density at radius 1 is 1.07 bits per heavy atom. The van der Waals surface area contributed by atoms with Crippen LogP contribution in [0.1, 0.15) is 48.5 Å². The van der Waals surface area contributed by atoms with Crippen LogP contribution in [-0.4, -0.2) is 29.8 Å². The minimum atomic E-state index is -0.418. The van der Waals surface area contributed by atoms with E-state index in [1.807, 2.05) is 24.3 Å². The number of nitrogens with one attached hydrogen (secondary N) is 1. The van der Waals surface area contributed by atoms with Gasteiger partial charge in [-0.05, 0) is 48.6 Å². The summed E-state index contributed by atoms with van der Waals surface area (Å²) in [5.74, 6) is -0.396. The van der Waals surface area contributed by atoms with Gasteiger partial charge in [0.15, 0.2) is 0 Å². The van der Waals surface area contributed by atoms with Gasteiger partial charge in [-0.2, -0.15) is 0 Å². The van der Waals surface area contributed by atoms with Crippen LogP contribution >= 0.6 is 0 Å². The third-order valence-corrected chi connectivity index (χ3v) is 5.07. The van der Waals surface area contributed by atoms with Gasteiger partial charge in [-0.3, -0.25) is 9.59 Å². The van der Waals surface area contributed by atoms with Crippen LogP contribution in [0.15, 0.2) is 48.5 Å². The minimum Gasteiger partial charge on any atom is -0.339 e. The van der Waals surface area contributed by atoms with Gasteiger partial charge in [0.1, 0.15) is 5.82 Å². The Balaban J connectivity index is 1.59. The summed E-state index contributed by atoms with van der Waals surface area (Å²) < 4.78 is 13.3. The third-order valence-electron chi connectivity index (χ3n) is 5.07. The van der Waals surface area contributed by atoms with E-state index in [-0.39, 0.29) is 17.7 Å². The molecule has 0 atom stereocenters. The van der Waals surface area contributed by atoms with Gasteiger partial charge >= 0.3 is 0 Å². The van der Waals surface area contributed by atoms with Crippen molar-refractivity contribution in [2.45, 2.75) is 32.6 Å². The molecule has 1 fully saturated rings. The van der Waals surface area contributed by atoms with Crippen molar-refractivity contribution in [3.8, 4) is 0 Å². The molecule has 5 heteroatoms. The summed E-state index contributed by atoms with van der Waals surface area (Å²) in [6, 6.07) is 13.6. The molecule has 2 aromatic carbocycles. The lowest BCUT2D eigenvalue weighted by Crippen LogP contribution is -2.41. The molecule has 2 aromatic rings. The highest BCUT2D eigenvalue weighted by atomic mass is 19.1. The number of nitrogens with zero attached hydrogens (tertiary/aromatic N) is 1. The summed E-state index contributed by atoms with van der Waals surface area (Å²) in [6.07, 6.45) is 1.22. The van der Waals surface area contributed by atoms with Gasteiger partial charge in [0.2, 0.25) is 5.91 Å². The topological polar surface area (TPSA) is 49.4 Å². The standard InChI is InChI=1S/C22H25FN2O2/c1-15(2)19-8-3-4-9-20(19)24-21(26)16-10-12-25(13-11-16)22(27)17-6-5-7-18(23)14-17/h3-9,14-16H,10-13H2,1-2H3,(H,24,26). The van der Waals surface area contributed by atoms with Gasteiger partial charge in [-0.25, -0.2) is 4.39 Å². The molecular weight excluding hydrogens is 343 g/mol. The van der Waals surface area contributed by atoms with E-state index in [0.29, 0.717) is 37.4 Å². The number of rotatable bonds is 4. The predicted molar refractivity (Wildman–Crippen MR) is 104 cm³/mol. The number of carbonyl (C=O) groups excluding carboxylic acids is 2. The fourth-order valence-electron chi connectivity index (χ4n) is 3.50. The van der Waals surface area contributed by atoms with Gasteiger partial charge in [-0.1, -0.05) is 38.1 Å².